The van der Waals surface area contributed by atoms with Crippen molar-refractivity contribution in [3.8, 4) is 27.7 Å². The van der Waals surface area contributed by atoms with Crippen LogP contribution in [0.2, 0.25) is 0 Å². The Bertz CT molecular complexity index is 1270. The first-order valence-electron chi connectivity index (χ1n) is 11.8. The zero-order chi connectivity index (χ0) is 23.5. The molecule has 0 saturated carbocycles. The molecule has 34 heavy (non-hydrogen) atoms. The fraction of sp³-hybridized carbons (Fsp3) is 0.286. The van der Waals surface area contributed by atoms with E-state index in [-0.39, 0.29) is 5.91 Å². The number of benzene rings is 2. The summed E-state index contributed by atoms with van der Waals surface area (Å²) in [6, 6.07) is 20.5. The first-order chi connectivity index (χ1) is 16.6. The van der Waals surface area contributed by atoms with Gasteiger partial charge >= 0.3 is 0 Å². The smallest absolute Gasteiger partial charge is 0.255 e. The molecule has 174 valence electrons. The van der Waals surface area contributed by atoms with Gasteiger partial charge in [0.15, 0.2) is 0 Å². The van der Waals surface area contributed by atoms with Crippen LogP contribution in [-0.2, 0) is 13.0 Å². The van der Waals surface area contributed by atoms with E-state index < -0.39 is 0 Å². The lowest BCUT2D eigenvalue weighted by molar-refractivity contribution is 0.0792. The Kier molecular flexibility index (Phi) is 6.50. The van der Waals surface area contributed by atoms with Crippen LogP contribution in [0.5, 0.6) is 5.75 Å². The third-order valence-electron chi connectivity index (χ3n) is 6.56. The Balaban J connectivity index is 1.49. The van der Waals surface area contributed by atoms with Crippen molar-refractivity contribution in [2.75, 3.05) is 20.2 Å². The van der Waals surface area contributed by atoms with E-state index in [4.69, 9.17) is 9.72 Å². The molecule has 0 N–H and O–H groups in total. The quantitative estimate of drug-likeness (QED) is 0.328. The molecule has 0 atom stereocenters. The number of amides is 1. The summed E-state index contributed by atoms with van der Waals surface area (Å²) in [5.74, 6) is 0.994. The van der Waals surface area contributed by atoms with E-state index >= 15 is 0 Å². The largest absolute Gasteiger partial charge is 0.497 e. The highest BCUT2D eigenvalue weighted by Crippen LogP contribution is 2.32. The van der Waals surface area contributed by atoms with Crippen molar-refractivity contribution in [2.24, 2.45) is 0 Å². The minimum Gasteiger partial charge on any atom is -0.497 e. The molecule has 0 aliphatic carbocycles. The molecule has 2 aromatic carbocycles. The minimum absolute atomic E-state index is 0.137. The molecular weight excluding hydrogens is 442 g/mol. The third kappa shape index (κ3) is 4.50. The predicted octanol–water partition coefficient (Wildman–Crippen LogP) is 6.07. The molecular formula is C28H29N3O2S. The van der Waals surface area contributed by atoms with Gasteiger partial charge in [-0.05, 0) is 49.9 Å². The Hall–Kier alpha value is -3.38. The van der Waals surface area contributed by atoms with E-state index in [0.717, 1.165) is 77.9 Å². The van der Waals surface area contributed by atoms with Crippen LogP contribution in [0.1, 0.15) is 34.5 Å². The van der Waals surface area contributed by atoms with Crippen LogP contribution < -0.4 is 4.74 Å². The van der Waals surface area contributed by atoms with Crippen LogP contribution in [0.15, 0.2) is 66.0 Å². The second kappa shape index (κ2) is 9.85. The molecule has 1 amide bonds. The third-order valence-corrected chi connectivity index (χ3v) is 7.45. The number of nitrogens with zero attached hydrogens (tertiary/aromatic N) is 3. The Morgan fingerprint density at radius 1 is 1.06 bits per heavy atom. The van der Waals surface area contributed by atoms with Crippen molar-refractivity contribution in [1.82, 2.24) is 14.5 Å². The SMILES string of the molecule is COc1ccc(CCn2c(-c3csc(-c4ccccc4)n3)cc(C(=O)N3CCCC3)c2C)cc1. The maximum Gasteiger partial charge on any atom is 0.255 e. The molecule has 3 heterocycles. The lowest BCUT2D eigenvalue weighted by Gasteiger charge is -2.15. The van der Waals surface area contributed by atoms with Gasteiger partial charge in [-0.25, -0.2) is 4.98 Å². The number of carbonyl (C=O) groups excluding carboxylic acids is 1. The van der Waals surface area contributed by atoms with Crippen molar-refractivity contribution in [1.29, 1.82) is 0 Å². The summed E-state index contributed by atoms with van der Waals surface area (Å²) < 4.78 is 7.55. The molecule has 1 saturated heterocycles. The first kappa shape index (κ1) is 22.4. The van der Waals surface area contributed by atoms with Gasteiger partial charge in [0.25, 0.3) is 5.91 Å². The zero-order valence-corrected chi connectivity index (χ0v) is 20.5. The Morgan fingerprint density at radius 2 is 1.79 bits per heavy atom. The van der Waals surface area contributed by atoms with Gasteiger partial charge in [-0.3, -0.25) is 4.79 Å². The van der Waals surface area contributed by atoms with Gasteiger partial charge in [-0.15, -0.1) is 11.3 Å². The number of methoxy groups -OCH3 is 1. The average molecular weight is 472 g/mol. The summed E-state index contributed by atoms with van der Waals surface area (Å²) in [5.41, 5.74) is 6.07. The summed E-state index contributed by atoms with van der Waals surface area (Å²) >= 11 is 1.64. The molecule has 0 radical (unpaired) electrons. The van der Waals surface area contributed by atoms with Gasteiger partial charge in [-0.1, -0.05) is 42.5 Å². The standard InChI is InChI=1S/C28H29N3O2S/c1-20-24(28(32)30-15-6-7-16-30)18-26(25-19-34-27(29-25)22-8-4-3-5-9-22)31(20)17-14-21-10-12-23(33-2)13-11-21/h3-5,8-13,18-19H,6-7,14-17H2,1-2H3. The highest BCUT2D eigenvalue weighted by molar-refractivity contribution is 7.13. The predicted molar refractivity (Wildman–Crippen MR) is 138 cm³/mol. The number of aryl methyl sites for hydroxylation is 1. The van der Waals surface area contributed by atoms with Crippen LogP contribution in [-0.4, -0.2) is 40.6 Å². The number of hydrogen-bond donors (Lipinski definition) is 0. The lowest BCUT2D eigenvalue weighted by Crippen LogP contribution is -2.28. The summed E-state index contributed by atoms with van der Waals surface area (Å²) in [6.45, 7) is 4.53. The van der Waals surface area contributed by atoms with E-state index in [9.17, 15) is 4.79 Å². The van der Waals surface area contributed by atoms with Crippen LogP contribution in [0, 0.1) is 6.92 Å². The van der Waals surface area contributed by atoms with Crippen molar-refractivity contribution < 1.29 is 9.53 Å². The summed E-state index contributed by atoms with van der Waals surface area (Å²) in [6.07, 6.45) is 3.03. The number of aromatic nitrogens is 2. The number of carbonyl (C=O) groups is 1. The molecule has 5 nitrogen and oxygen atoms in total. The first-order valence-corrected chi connectivity index (χ1v) is 12.7. The lowest BCUT2D eigenvalue weighted by atomic mass is 10.1. The molecule has 1 aliphatic rings. The highest BCUT2D eigenvalue weighted by atomic mass is 32.1. The van der Waals surface area contributed by atoms with Crippen molar-refractivity contribution in [3.63, 3.8) is 0 Å². The summed E-state index contributed by atoms with van der Waals surface area (Å²) in [7, 11) is 1.68. The second-order valence-corrected chi connectivity index (χ2v) is 9.54. The van der Waals surface area contributed by atoms with Gasteiger partial charge in [0.2, 0.25) is 0 Å². The fourth-order valence-electron chi connectivity index (χ4n) is 4.59. The molecule has 2 aromatic heterocycles. The number of thiazole rings is 1. The highest BCUT2D eigenvalue weighted by Gasteiger charge is 2.25. The van der Waals surface area contributed by atoms with Gasteiger partial charge in [-0.2, -0.15) is 0 Å². The monoisotopic (exact) mass is 471 g/mol. The second-order valence-electron chi connectivity index (χ2n) is 8.68. The van der Waals surface area contributed by atoms with Crippen molar-refractivity contribution in [3.05, 3.63) is 82.9 Å². The maximum atomic E-state index is 13.3. The molecule has 4 aromatic rings. The van der Waals surface area contributed by atoms with E-state index in [1.165, 1.54) is 5.56 Å². The van der Waals surface area contributed by atoms with Crippen LogP contribution >= 0.6 is 11.3 Å². The molecule has 1 fully saturated rings. The van der Waals surface area contributed by atoms with Crippen LogP contribution in [0.4, 0.5) is 0 Å². The van der Waals surface area contributed by atoms with Crippen LogP contribution in [0.25, 0.3) is 22.0 Å². The molecule has 5 rings (SSSR count). The van der Waals surface area contributed by atoms with E-state index in [1.807, 2.05) is 41.3 Å². The molecule has 6 heteroatoms. The summed E-state index contributed by atoms with van der Waals surface area (Å²) in [4.78, 5) is 20.3. The van der Waals surface area contributed by atoms with Crippen molar-refractivity contribution in [2.45, 2.75) is 32.7 Å². The zero-order valence-electron chi connectivity index (χ0n) is 19.7. The molecule has 1 aliphatic heterocycles. The molecule has 0 spiro atoms. The maximum absolute atomic E-state index is 13.3. The number of likely N-dealkylation sites (tertiary alicyclic amines) is 1. The summed E-state index contributed by atoms with van der Waals surface area (Å²) in [5, 5.41) is 3.09. The number of hydrogen-bond acceptors (Lipinski definition) is 4. The average Bonchev–Trinajstić information content (AvgIpc) is 3.64. The van der Waals surface area contributed by atoms with Gasteiger partial charge in [0, 0.05) is 36.3 Å². The normalized spacial score (nSPS) is 13.4. The number of rotatable bonds is 7. The molecule has 0 unspecified atom stereocenters. The van der Waals surface area contributed by atoms with E-state index in [0.29, 0.717) is 0 Å². The van der Waals surface area contributed by atoms with Crippen molar-refractivity contribution >= 4 is 17.2 Å². The van der Waals surface area contributed by atoms with Gasteiger partial charge < -0.3 is 14.2 Å². The molecule has 0 bridgehead atoms. The number of ether oxygens (including phenoxy) is 1. The van der Waals surface area contributed by atoms with E-state index in [1.54, 1.807) is 18.4 Å². The Morgan fingerprint density at radius 3 is 2.50 bits per heavy atom. The van der Waals surface area contributed by atoms with Gasteiger partial charge in [0.05, 0.1) is 24.1 Å². The Labute approximate surface area is 204 Å². The fourth-order valence-corrected chi connectivity index (χ4v) is 5.41. The van der Waals surface area contributed by atoms with Crippen LogP contribution in [0.3, 0.4) is 0 Å². The topological polar surface area (TPSA) is 47.4 Å². The van der Waals surface area contributed by atoms with Gasteiger partial charge in [0.1, 0.15) is 10.8 Å². The minimum atomic E-state index is 0.137. The van der Waals surface area contributed by atoms with E-state index in [2.05, 4.69) is 41.1 Å².